The van der Waals surface area contributed by atoms with Crippen LogP contribution in [-0.4, -0.2) is 48.3 Å². The molecule has 1 N–H and O–H groups in total. The minimum atomic E-state index is 0.177. The molecule has 1 aliphatic heterocycles. The normalized spacial score (nSPS) is 13.9. The lowest BCUT2D eigenvalue weighted by Gasteiger charge is -2.17. The molecule has 0 spiro atoms. The maximum absolute atomic E-state index is 11.4. The van der Waals surface area contributed by atoms with E-state index in [-0.39, 0.29) is 5.91 Å². The van der Waals surface area contributed by atoms with Crippen LogP contribution in [0.15, 0.2) is 12.4 Å². The third-order valence-corrected chi connectivity index (χ3v) is 4.19. The number of carbonyl (C=O) groups excluding carboxylic acids is 1. The number of carbonyl (C=O) groups is 1. The Balaban J connectivity index is 1.76. The number of unbranched alkanes of at least 4 members (excludes halogenated alkanes) is 7. The van der Waals surface area contributed by atoms with E-state index >= 15 is 0 Å². The zero-order valence-electron chi connectivity index (χ0n) is 14.1. The lowest BCUT2D eigenvalue weighted by atomic mass is 10.1. The standard InChI is InChI=1S/C17H33N3OS/c1-19-13-14-20(16-19)12-9-7-5-3-2-4-6-8-10-17(21)18-11-15-22/h13-14,22H,2-12,15-16H2,1H3,(H,18,21). The van der Waals surface area contributed by atoms with Crippen LogP contribution in [0, 0.1) is 0 Å². The third-order valence-electron chi connectivity index (χ3n) is 3.97. The van der Waals surface area contributed by atoms with Crippen LogP contribution in [0.3, 0.4) is 0 Å². The molecule has 128 valence electrons. The fourth-order valence-corrected chi connectivity index (χ4v) is 2.79. The van der Waals surface area contributed by atoms with Gasteiger partial charge in [-0.25, -0.2) is 0 Å². The highest BCUT2D eigenvalue weighted by atomic mass is 32.1. The second-order valence-electron chi connectivity index (χ2n) is 6.16. The maximum atomic E-state index is 11.4. The highest BCUT2D eigenvalue weighted by molar-refractivity contribution is 7.80. The van der Waals surface area contributed by atoms with E-state index in [0.717, 1.165) is 18.8 Å². The van der Waals surface area contributed by atoms with E-state index in [1.807, 2.05) is 0 Å². The third kappa shape index (κ3) is 9.98. The Kier molecular flexibility index (Phi) is 11.1. The molecule has 0 radical (unpaired) electrons. The summed E-state index contributed by atoms with van der Waals surface area (Å²) in [6, 6.07) is 0. The van der Waals surface area contributed by atoms with Crippen molar-refractivity contribution in [2.45, 2.75) is 57.8 Å². The van der Waals surface area contributed by atoms with Gasteiger partial charge in [0.2, 0.25) is 5.91 Å². The molecule has 0 saturated heterocycles. The van der Waals surface area contributed by atoms with Gasteiger partial charge in [-0.2, -0.15) is 12.6 Å². The molecule has 5 heteroatoms. The first-order chi connectivity index (χ1) is 10.7. The summed E-state index contributed by atoms with van der Waals surface area (Å²) in [5.41, 5.74) is 0. The summed E-state index contributed by atoms with van der Waals surface area (Å²) in [7, 11) is 2.11. The molecule has 0 aromatic carbocycles. The summed E-state index contributed by atoms with van der Waals surface area (Å²) >= 11 is 4.07. The van der Waals surface area contributed by atoms with Crippen molar-refractivity contribution in [2.75, 3.05) is 32.6 Å². The molecule has 1 amide bonds. The Labute approximate surface area is 141 Å². The van der Waals surface area contributed by atoms with Gasteiger partial charge >= 0.3 is 0 Å². The first-order valence-electron chi connectivity index (χ1n) is 8.72. The van der Waals surface area contributed by atoms with Crippen molar-refractivity contribution in [3.63, 3.8) is 0 Å². The number of nitrogens with zero attached hydrogens (tertiary/aromatic N) is 2. The molecule has 4 nitrogen and oxygen atoms in total. The van der Waals surface area contributed by atoms with E-state index in [1.165, 1.54) is 51.5 Å². The van der Waals surface area contributed by atoms with Gasteiger partial charge in [-0.05, 0) is 12.8 Å². The SMILES string of the molecule is CN1C=CN(CCCCCCCCCCC(=O)NCCS)C1. The fourth-order valence-electron chi connectivity index (χ4n) is 2.68. The second kappa shape index (κ2) is 12.7. The van der Waals surface area contributed by atoms with Gasteiger partial charge in [0.25, 0.3) is 0 Å². The number of thiol groups is 1. The average molecular weight is 328 g/mol. The van der Waals surface area contributed by atoms with Gasteiger partial charge in [0.1, 0.15) is 0 Å². The summed E-state index contributed by atoms with van der Waals surface area (Å²) in [4.78, 5) is 16.0. The largest absolute Gasteiger partial charge is 0.362 e. The summed E-state index contributed by atoms with van der Waals surface area (Å²) in [6.45, 7) is 2.91. The van der Waals surface area contributed by atoms with E-state index < -0.39 is 0 Å². The van der Waals surface area contributed by atoms with Crippen LogP contribution in [0.1, 0.15) is 57.8 Å². The van der Waals surface area contributed by atoms with Gasteiger partial charge in [-0.15, -0.1) is 0 Å². The summed E-state index contributed by atoms with van der Waals surface area (Å²) in [6.07, 6.45) is 15.1. The van der Waals surface area contributed by atoms with Crippen molar-refractivity contribution >= 4 is 18.5 Å². The Bertz CT molecular complexity index is 323. The zero-order chi connectivity index (χ0) is 16.0. The van der Waals surface area contributed by atoms with Gasteiger partial charge in [-0.1, -0.05) is 38.5 Å². The van der Waals surface area contributed by atoms with Crippen LogP contribution in [0.4, 0.5) is 0 Å². The smallest absolute Gasteiger partial charge is 0.220 e. The van der Waals surface area contributed by atoms with Crippen LogP contribution in [0.2, 0.25) is 0 Å². The molecule has 1 aliphatic rings. The number of hydrogen-bond donors (Lipinski definition) is 2. The molecule has 0 unspecified atom stereocenters. The molecule has 0 aliphatic carbocycles. The molecule has 1 heterocycles. The first-order valence-corrected chi connectivity index (χ1v) is 9.36. The lowest BCUT2D eigenvalue weighted by molar-refractivity contribution is -0.121. The van der Waals surface area contributed by atoms with Crippen LogP contribution in [0.5, 0.6) is 0 Å². The number of hydrogen-bond acceptors (Lipinski definition) is 4. The number of nitrogens with one attached hydrogen (secondary N) is 1. The van der Waals surface area contributed by atoms with Crippen molar-refractivity contribution < 1.29 is 4.79 Å². The second-order valence-corrected chi connectivity index (χ2v) is 6.61. The van der Waals surface area contributed by atoms with Gasteiger partial charge in [0, 0.05) is 44.7 Å². The highest BCUT2D eigenvalue weighted by Crippen LogP contribution is 2.11. The van der Waals surface area contributed by atoms with Gasteiger partial charge < -0.3 is 15.1 Å². The van der Waals surface area contributed by atoms with Crippen LogP contribution < -0.4 is 5.32 Å². The zero-order valence-corrected chi connectivity index (χ0v) is 15.0. The predicted octanol–water partition coefficient (Wildman–Crippen LogP) is 3.22. The Morgan fingerprint density at radius 1 is 1.05 bits per heavy atom. The Morgan fingerprint density at radius 2 is 1.68 bits per heavy atom. The Hall–Kier alpha value is -0.840. The van der Waals surface area contributed by atoms with E-state index in [2.05, 4.69) is 47.2 Å². The molecule has 0 bridgehead atoms. The predicted molar refractivity (Wildman–Crippen MR) is 96.9 cm³/mol. The molecule has 0 atom stereocenters. The molecule has 0 aromatic heterocycles. The molecule has 22 heavy (non-hydrogen) atoms. The van der Waals surface area contributed by atoms with Gasteiger partial charge in [-0.3, -0.25) is 4.79 Å². The van der Waals surface area contributed by atoms with E-state index in [0.29, 0.717) is 13.0 Å². The minimum Gasteiger partial charge on any atom is -0.362 e. The van der Waals surface area contributed by atoms with Gasteiger partial charge in [0.05, 0.1) is 6.67 Å². The van der Waals surface area contributed by atoms with Gasteiger partial charge in [0.15, 0.2) is 0 Å². The maximum Gasteiger partial charge on any atom is 0.220 e. The quantitative estimate of drug-likeness (QED) is 0.403. The summed E-state index contributed by atoms with van der Waals surface area (Å²) in [5, 5.41) is 2.86. The van der Waals surface area contributed by atoms with E-state index in [9.17, 15) is 4.79 Å². The van der Waals surface area contributed by atoms with Crippen LogP contribution in [0.25, 0.3) is 0 Å². The van der Waals surface area contributed by atoms with E-state index in [4.69, 9.17) is 0 Å². The minimum absolute atomic E-state index is 0.177. The number of amides is 1. The monoisotopic (exact) mass is 327 g/mol. The highest BCUT2D eigenvalue weighted by Gasteiger charge is 2.06. The lowest BCUT2D eigenvalue weighted by Crippen LogP contribution is -2.24. The van der Waals surface area contributed by atoms with Crippen molar-refractivity contribution in [3.8, 4) is 0 Å². The van der Waals surface area contributed by atoms with Crippen molar-refractivity contribution in [2.24, 2.45) is 0 Å². The molecule has 1 rings (SSSR count). The Morgan fingerprint density at radius 3 is 2.27 bits per heavy atom. The topological polar surface area (TPSA) is 35.6 Å². The molecule has 0 aromatic rings. The summed E-state index contributed by atoms with van der Waals surface area (Å²) < 4.78 is 0. The van der Waals surface area contributed by atoms with Crippen molar-refractivity contribution in [3.05, 3.63) is 12.4 Å². The molecular formula is C17H33N3OS. The first kappa shape index (κ1) is 19.2. The van der Waals surface area contributed by atoms with Crippen molar-refractivity contribution in [1.29, 1.82) is 0 Å². The average Bonchev–Trinajstić information content (AvgIpc) is 2.92. The van der Waals surface area contributed by atoms with E-state index in [1.54, 1.807) is 0 Å². The summed E-state index contributed by atoms with van der Waals surface area (Å²) in [5.74, 6) is 0.895. The van der Waals surface area contributed by atoms with Crippen LogP contribution >= 0.6 is 12.6 Å². The molecule has 0 fully saturated rings. The number of rotatable bonds is 13. The van der Waals surface area contributed by atoms with Crippen molar-refractivity contribution in [1.82, 2.24) is 15.1 Å². The molecular weight excluding hydrogens is 294 g/mol. The molecule has 0 saturated carbocycles. The fraction of sp³-hybridized carbons (Fsp3) is 0.824. The van der Waals surface area contributed by atoms with Crippen LogP contribution in [-0.2, 0) is 4.79 Å².